The molecule has 2 aliphatic heterocycles. The van der Waals surface area contributed by atoms with Gasteiger partial charge in [0.2, 0.25) is 0 Å². The summed E-state index contributed by atoms with van der Waals surface area (Å²) in [4.78, 5) is 54.4. The Morgan fingerprint density at radius 3 is 2.36 bits per heavy atom. The van der Waals surface area contributed by atoms with Crippen molar-refractivity contribution in [1.29, 1.82) is 0 Å². The number of allylic oxidation sites excluding steroid dienone is 1. The fourth-order valence-electron chi connectivity index (χ4n) is 7.24. The van der Waals surface area contributed by atoms with E-state index in [4.69, 9.17) is 29.7 Å². The molecular weight excluding hydrogens is 609 g/mol. The second kappa shape index (κ2) is 13.1. The summed E-state index contributed by atoms with van der Waals surface area (Å²) in [6.07, 6.45) is 9.55. The molecule has 3 aromatic rings. The number of aromatic nitrogens is 3. The van der Waals surface area contributed by atoms with Gasteiger partial charge in [-0.1, -0.05) is 73.0 Å². The van der Waals surface area contributed by atoms with E-state index in [1.54, 1.807) is 6.08 Å². The largest absolute Gasteiger partial charge is 2.00 e. The molecule has 1 N–H and O–H groups in total. The Labute approximate surface area is 288 Å². The second-order valence-corrected chi connectivity index (χ2v) is 12.0. The SMILES string of the molecule is C=Cc1c2[n-]c(c1C)/C=C1/[N-]C(C3=c4[n-]/c(c(C)c4C(=O)[C@@H]3C(=O)OC)=C\c3[n-]c(/c(=C\O)c3CC)=C\2)[C@@H](CCC(=O)OC)[C@@H]1C.[Mg+2]. The van der Waals surface area contributed by atoms with Crippen LogP contribution in [0.5, 0.6) is 0 Å². The number of Topliss-reactive ketones (excluding diaryl/α,β-unsaturated/α-hetero) is 1. The summed E-state index contributed by atoms with van der Waals surface area (Å²) in [5.74, 6) is -3.00. The molecule has 5 heterocycles. The van der Waals surface area contributed by atoms with Crippen LogP contribution in [0.4, 0.5) is 0 Å². The summed E-state index contributed by atoms with van der Waals surface area (Å²) in [5, 5.41) is 17.6. The first kappa shape index (κ1) is 34.1. The second-order valence-electron chi connectivity index (χ2n) is 12.0. The van der Waals surface area contributed by atoms with Crippen molar-refractivity contribution >= 4 is 76.9 Å². The minimum absolute atomic E-state index is 0. The van der Waals surface area contributed by atoms with Gasteiger partial charge in [-0.2, -0.15) is 5.70 Å². The molecule has 8 bridgehead atoms. The van der Waals surface area contributed by atoms with Crippen molar-refractivity contribution in [1.82, 2.24) is 15.0 Å². The number of hydrogen-bond donors (Lipinski definition) is 1. The van der Waals surface area contributed by atoms with Crippen molar-refractivity contribution in [2.75, 3.05) is 14.2 Å². The van der Waals surface area contributed by atoms with E-state index < -0.39 is 17.9 Å². The van der Waals surface area contributed by atoms with E-state index in [0.29, 0.717) is 67.9 Å². The molecule has 4 atom stereocenters. The first-order chi connectivity index (χ1) is 22.1. The van der Waals surface area contributed by atoms with Crippen LogP contribution in [0.2, 0.25) is 0 Å². The molecule has 0 aromatic carbocycles. The van der Waals surface area contributed by atoms with Gasteiger partial charge < -0.3 is 34.8 Å². The van der Waals surface area contributed by atoms with Crippen LogP contribution in [0, 0.1) is 31.6 Å². The summed E-state index contributed by atoms with van der Waals surface area (Å²) in [5.41, 5.74) is 6.71. The molecule has 3 aliphatic rings. The topological polar surface area (TPSA) is 146 Å². The molecule has 47 heavy (non-hydrogen) atoms. The van der Waals surface area contributed by atoms with E-state index in [1.165, 1.54) is 14.2 Å². The normalized spacial score (nSPS) is 23.9. The Morgan fingerprint density at radius 1 is 1.00 bits per heavy atom. The summed E-state index contributed by atoms with van der Waals surface area (Å²) >= 11 is 0. The van der Waals surface area contributed by atoms with Crippen molar-refractivity contribution in [3.63, 3.8) is 0 Å². The van der Waals surface area contributed by atoms with Gasteiger partial charge in [0.15, 0.2) is 5.78 Å². The van der Waals surface area contributed by atoms with Crippen molar-refractivity contribution in [3.05, 3.63) is 83.8 Å². The summed E-state index contributed by atoms with van der Waals surface area (Å²) in [6, 6.07) is -0.624. The van der Waals surface area contributed by atoms with E-state index in [9.17, 15) is 19.5 Å². The van der Waals surface area contributed by atoms with Gasteiger partial charge >= 0.3 is 35.0 Å². The number of hydrogen-bond acceptors (Lipinski definition) is 6. The molecule has 0 amide bonds. The van der Waals surface area contributed by atoms with Gasteiger partial charge in [-0.05, 0) is 49.3 Å². The predicted octanol–water partition coefficient (Wildman–Crippen LogP) is 1.41. The third kappa shape index (κ3) is 5.39. The Balaban J connectivity index is 0.00000433. The number of carbonyl (C=O) groups excluding carboxylic acids is 3. The minimum Gasteiger partial charge on any atom is -0.681 e. The van der Waals surface area contributed by atoms with Crippen LogP contribution in [0.25, 0.3) is 41.5 Å². The van der Waals surface area contributed by atoms with Crippen LogP contribution >= 0.6 is 0 Å². The van der Waals surface area contributed by atoms with Crippen molar-refractivity contribution in [3.8, 4) is 0 Å². The zero-order valence-electron chi connectivity index (χ0n) is 27.5. The summed E-state index contributed by atoms with van der Waals surface area (Å²) in [7, 11) is 2.61. The maximum atomic E-state index is 14.1. The van der Waals surface area contributed by atoms with Crippen LogP contribution in [0.3, 0.4) is 0 Å². The van der Waals surface area contributed by atoms with Gasteiger partial charge in [0, 0.05) is 12.0 Å². The zero-order valence-corrected chi connectivity index (χ0v) is 28.9. The van der Waals surface area contributed by atoms with Crippen LogP contribution in [-0.4, -0.2) is 66.1 Å². The first-order valence-corrected chi connectivity index (χ1v) is 15.4. The fraction of sp³-hybridized carbons (Fsp3) is 0.361. The number of esters is 2. The number of ether oxygens (including phenoxy) is 2. The van der Waals surface area contributed by atoms with Crippen molar-refractivity contribution in [2.24, 2.45) is 17.8 Å². The monoisotopic (exact) mass is 644 g/mol. The van der Waals surface area contributed by atoms with Crippen LogP contribution in [0.15, 0.2) is 12.3 Å². The molecule has 10 nitrogen and oxygen atoms in total. The number of fused-ring (bicyclic) bond motifs is 8. The molecule has 1 unspecified atom stereocenters. The van der Waals surface area contributed by atoms with Crippen molar-refractivity contribution in [2.45, 2.75) is 53.0 Å². The number of ketones is 1. The first-order valence-electron chi connectivity index (χ1n) is 15.4. The molecule has 1 saturated heterocycles. The maximum Gasteiger partial charge on any atom is 2.00 e. The van der Waals surface area contributed by atoms with Gasteiger partial charge in [0.1, 0.15) is 5.92 Å². The van der Waals surface area contributed by atoms with Gasteiger partial charge in [-0.25, -0.2) is 0 Å². The molecule has 3 aromatic heterocycles. The van der Waals surface area contributed by atoms with Gasteiger partial charge in [0.25, 0.3) is 0 Å². The average Bonchev–Trinajstić information content (AvgIpc) is 3.79. The van der Waals surface area contributed by atoms with E-state index >= 15 is 0 Å². The van der Waals surface area contributed by atoms with Crippen LogP contribution in [0.1, 0.15) is 76.4 Å². The number of nitrogens with zero attached hydrogens (tertiary/aromatic N) is 4. The Bertz CT molecular complexity index is 2100. The van der Waals surface area contributed by atoms with E-state index in [0.717, 1.165) is 28.6 Å². The molecule has 11 heteroatoms. The molecule has 1 aliphatic carbocycles. The molecule has 6 rings (SSSR count). The quantitative estimate of drug-likeness (QED) is 0.239. The van der Waals surface area contributed by atoms with E-state index in [-0.39, 0.29) is 53.1 Å². The van der Waals surface area contributed by atoms with Crippen LogP contribution in [-0.2, 0) is 25.5 Å². The number of carbonyl (C=O) groups is 3. The summed E-state index contributed by atoms with van der Waals surface area (Å²) < 4.78 is 10.1. The standard InChI is InChI=1S/C36H36N4O6.Mg/c1-8-19-16(3)23-12-24-17(4)21(10-11-29(42)45-6)33(39-24)31-32(36(44)46-7)35(43)30-18(5)25(40-34(30)31)13-27-20(9-2)22(15-41)28(38-27)14-26(19)37-23;/h8,12-15,17,21,32-33H,1,9-11H2,2-7H3,(H,41,43);/q-4;+2/b24-12+,28-14-;/t17-,21-,32+,33?;/m0./s1. The van der Waals surface area contributed by atoms with E-state index in [1.807, 2.05) is 45.9 Å². The molecule has 0 spiro atoms. The molecule has 1 fully saturated rings. The Hall–Kier alpha value is -4.22. The number of methoxy groups -OCH3 is 2. The Morgan fingerprint density at radius 2 is 1.72 bits per heavy atom. The van der Waals surface area contributed by atoms with Crippen LogP contribution < -0.4 is 36.2 Å². The molecular formula is C36H36MgN4O6-2. The number of aliphatic hydroxyl groups excluding tert-OH is 1. The van der Waals surface area contributed by atoms with Crippen molar-refractivity contribution < 1.29 is 29.0 Å². The summed E-state index contributed by atoms with van der Waals surface area (Å²) in [6.45, 7) is 11.8. The number of aliphatic hydroxyl groups is 1. The zero-order chi connectivity index (χ0) is 33.0. The average molecular weight is 645 g/mol. The van der Waals surface area contributed by atoms with Gasteiger partial charge in [-0.3, -0.25) is 14.4 Å². The molecule has 0 saturated carbocycles. The third-order valence-electron chi connectivity index (χ3n) is 9.76. The number of rotatable bonds is 6. The molecule has 240 valence electrons. The smallest absolute Gasteiger partial charge is 0.681 e. The minimum atomic E-state index is -1.20. The maximum absolute atomic E-state index is 14.1. The Kier molecular flexibility index (Phi) is 9.52. The predicted molar refractivity (Wildman–Crippen MR) is 179 cm³/mol. The molecule has 0 radical (unpaired) electrons. The van der Waals surface area contributed by atoms with Gasteiger partial charge in [0.05, 0.1) is 20.5 Å². The third-order valence-corrected chi connectivity index (χ3v) is 9.76. The van der Waals surface area contributed by atoms with Gasteiger partial charge in [-0.15, -0.1) is 33.1 Å². The van der Waals surface area contributed by atoms with E-state index in [2.05, 4.69) is 6.58 Å². The fourth-order valence-corrected chi connectivity index (χ4v) is 7.24.